The van der Waals surface area contributed by atoms with E-state index in [9.17, 15) is 9.18 Å². The number of rotatable bonds is 8. The summed E-state index contributed by atoms with van der Waals surface area (Å²) >= 11 is 0. The van der Waals surface area contributed by atoms with Gasteiger partial charge in [0.05, 0.1) is 5.56 Å². The van der Waals surface area contributed by atoms with Gasteiger partial charge in [-0.3, -0.25) is 4.79 Å². The van der Waals surface area contributed by atoms with Crippen molar-refractivity contribution in [1.29, 1.82) is 0 Å². The van der Waals surface area contributed by atoms with Crippen molar-refractivity contribution in [3.63, 3.8) is 0 Å². The molecule has 0 radical (unpaired) electrons. The smallest absolute Gasteiger partial charge is 0.255 e. The molecule has 0 saturated carbocycles. The van der Waals surface area contributed by atoms with Crippen molar-refractivity contribution in [3.05, 3.63) is 83.3 Å². The molecular weight excluding hydrogens is 369 g/mol. The van der Waals surface area contributed by atoms with Crippen molar-refractivity contribution in [2.45, 2.75) is 32.7 Å². The van der Waals surface area contributed by atoms with E-state index in [4.69, 9.17) is 10.5 Å². The Labute approximate surface area is 169 Å². The molecule has 0 saturated heterocycles. The second-order valence-corrected chi connectivity index (χ2v) is 6.75. The second kappa shape index (κ2) is 9.68. The molecule has 1 aromatic heterocycles. The van der Waals surface area contributed by atoms with Crippen LogP contribution in [-0.2, 0) is 13.0 Å². The van der Waals surface area contributed by atoms with Crippen molar-refractivity contribution in [1.82, 2.24) is 10.3 Å². The fourth-order valence-corrected chi connectivity index (χ4v) is 2.88. The Kier molecular flexibility index (Phi) is 6.79. The van der Waals surface area contributed by atoms with Crippen molar-refractivity contribution >= 4 is 11.7 Å². The quantitative estimate of drug-likeness (QED) is 0.536. The molecule has 3 N–H and O–H groups in total. The molecule has 0 spiro atoms. The fourth-order valence-electron chi connectivity index (χ4n) is 2.88. The molecule has 29 heavy (non-hydrogen) atoms. The fraction of sp³-hybridized carbons (Fsp3) is 0.217. The van der Waals surface area contributed by atoms with Crippen LogP contribution < -0.4 is 15.8 Å². The Balaban J connectivity index is 1.57. The monoisotopic (exact) mass is 393 g/mol. The van der Waals surface area contributed by atoms with E-state index in [-0.39, 0.29) is 11.4 Å². The van der Waals surface area contributed by atoms with E-state index in [0.717, 1.165) is 42.4 Å². The summed E-state index contributed by atoms with van der Waals surface area (Å²) in [5.74, 6) is 0.274. The topological polar surface area (TPSA) is 77.2 Å². The number of halogens is 1. The summed E-state index contributed by atoms with van der Waals surface area (Å²) in [7, 11) is 0. The van der Waals surface area contributed by atoms with Gasteiger partial charge in [-0.15, -0.1) is 0 Å². The minimum absolute atomic E-state index is 0.132. The van der Waals surface area contributed by atoms with Crippen LogP contribution in [0.2, 0.25) is 0 Å². The highest BCUT2D eigenvalue weighted by molar-refractivity contribution is 5.98. The number of nitrogen functional groups attached to an aromatic ring is 1. The third kappa shape index (κ3) is 5.78. The number of nitrogens with two attached hydrogens (primary N) is 1. The van der Waals surface area contributed by atoms with E-state index in [1.54, 1.807) is 0 Å². The van der Waals surface area contributed by atoms with Gasteiger partial charge in [0.25, 0.3) is 5.91 Å². The van der Waals surface area contributed by atoms with Crippen LogP contribution in [0, 0.1) is 5.95 Å². The number of unbranched alkanes of at least 4 members (excludes halogenated alkanes) is 1. The third-order valence-electron chi connectivity index (χ3n) is 4.46. The first-order chi connectivity index (χ1) is 14.0. The van der Waals surface area contributed by atoms with Crippen LogP contribution in [0.1, 0.15) is 41.3 Å². The van der Waals surface area contributed by atoms with E-state index in [1.807, 2.05) is 36.4 Å². The number of carbonyl (C=O) groups is 1. The first-order valence-corrected chi connectivity index (χ1v) is 9.61. The maximum absolute atomic E-state index is 13.0. The number of anilines is 1. The zero-order valence-electron chi connectivity index (χ0n) is 16.3. The van der Waals surface area contributed by atoms with Gasteiger partial charge in [-0.1, -0.05) is 37.6 Å². The summed E-state index contributed by atoms with van der Waals surface area (Å²) in [5.41, 5.74) is 7.90. The van der Waals surface area contributed by atoms with E-state index < -0.39 is 11.9 Å². The van der Waals surface area contributed by atoms with Gasteiger partial charge in [0.15, 0.2) is 0 Å². The first-order valence-electron chi connectivity index (χ1n) is 9.61. The molecule has 1 amide bonds. The molecule has 1 heterocycles. The number of ether oxygens (including phenoxy) is 1. The van der Waals surface area contributed by atoms with Crippen molar-refractivity contribution in [2.75, 3.05) is 5.73 Å². The molecule has 0 fully saturated rings. The van der Waals surface area contributed by atoms with Gasteiger partial charge in [-0.2, -0.15) is 4.39 Å². The number of aromatic nitrogens is 1. The van der Waals surface area contributed by atoms with E-state index in [2.05, 4.69) is 29.4 Å². The molecule has 0 aliphatic carbocycles. The highest BCUT2D eigenvalue weighted by Crippen LogP contribution is 2.23. The predicted octanol–water partition coefficient (Wildman–Crippen LogP) is 4.87. The first kappa shape index (κ1) is 20.3. The van der Waals surface area contributed by atoms with Crippen LogP contribution in [0.4, 0.5) is 10.2 Å². The van der Waals surface area contributed by atoms with Gasteiger partial charge in [-0.25, -0.2) is 4.98 Å². The minimum Gasteiger partial charge on any atom is -0.457 e. The van der Waals surface area contributed by atoms with Crippen LogP contribution in [0.25, 0.3) is 0 Å². The van der Waals surface area contributed by atoms with Crippen LogP contribution in [-0.4, -0.2) is 10.9 Å². The number of carbonyl (C=O) groups excluding carboxylic acids is 1. The predicted molar refractivity (Wildman–Crippen MR) is 111 cm³/mol. The highest BCUT2D eigenvalue weighted by Gasteiger charge is 2.11. The van der Waals surface area contributed by atoms with Crippen molar-refractivity contribution in [3.8, 4) is 11.5 Å². The van der Waals surface area contributed by atoms with Gasteiger partial charge < -0.3 is 15.8 Å². The van der Waals surface area contributed by atoms with Gasteiger partial charge in [0.1, 0.15) is 17.3 Å². The third-order valence-corrected chi connectivity index (χ3v) is 4.46. The molecule has 2 aromatic carbocycles. The summed E-state index contributed by atoms with van der Waals surface area (Å²) in [6.07, 6.45) is 3.36. The average Bonchev–Trinajstić information content (AvgIpc) is 2.72. The van der Waals surface area contributed by atoms with Crippen LogP contribution in [0.15, 0.2) is 60.7 Å². The second-order valence-electron chi connectivity index (χ2n) is 6.75. The van der Waals surface area contributed by atoms with Gasteiger partial charge in [0, 0.05) is 6.54 Å². The Hall–Kier alpha value is -3.41. The molecule has 3 rings (SSSR count). The number of aryl methyl sites for hydroxylation is 1. The summed E-state index contributed by atoms with van der Waals surface area (Å²) in [6, 6.07) is 18.0. The maximum Gasteiger partial charge on any atom is 0.255 e. The molecule has 0 aliphatic heterocycles. The number of nitrogens with zero attached hydrogens (tertiary/aromatic N) is 1. The molecule has 0 atom stereocenters. The summed E-state index contributed by atoms with van der Waals surface area (Å²) < 4.78 is 18.9. The lowest BCUT2D eigenvalue weighted by Gasteiger charge is -2.10. The van der Waals surface area contributed by atoms with Crippen molar-refractivity contribution < 1.29 is 13.9 Å². The van der Waals surface area contributed by atoms with E-state index in [1.165, 1.54) is 11.6 Å². The zero-order chi connectivity index (χ0) is 20.6. The Morgan fingerprint density at radius 2 is 1.86 bits per heavy atom. The Bertz CT molecular complexity index is 974. The van der Waals surface area contributed by atoms with E-state index in [0.29, 0.717) is 6.54 Å². The van der Waals surface area contributed by atoms with Crippen LogP contribution >= 0.6 is 0 Å². The zero-order valence-corrected chi connectivity index (χ0v) is 16.3. The summed E-state index contributed by atoms with van der Waals surface area (Å²) in [6.45, 7) is 2.48. The summed E-state index contributed by atoms with van der Waals surface area (Å²) in [4.78, 5) is 15.6. The average molecular weight is 393 g/mol. The molecule has 0 aliphatic rings. The lowest BCUT2D eigenvalue weighted by atomic mass is 10.1. The van der Waals surface area contributed by atoms with Crippen LogP contribution in [0.5, 0.6) is 11.5 Å². The largest absolute Gasteiger partial charge is 0.457 e. The molecule has 6 heteroatoms. The van der Waals surface area contributed by atoms with Crippen molar-refractivity contribution in [2.24, 2.45) is 0 Å². The van der Waals surface area contributed by atoms with Gasteiger partial charge in [-0.05, 0) is 60.4 Å². The molecule has 150 valence electrons. The lowest BCUT2D eigenvalue weighted by molar-refractivity contribution is 0.0951. The molecule has 0 bridgehead atoms. The Morgan fingerprint density at radius 1 is 1.07 bits per heavy atom. The number of benzene rings is 2. The van der Waals surface area contributed by atoms with E-state index >= 15 is 0 Å². The number of pyridine rings is 1. The maximum atomic E-state index is 13.0. The number of hydrogen-bond acceptors (Lipinski definition) is 4. The SMILES string of the molecule is CCCCc1cccc(Oc2ccc(CNC(=O)c3ccc(F)nc3N)cc2)c1. The molecule has 5 nitrogen and oxygen atoms in total. The minimum atomic E-state index is -0.717. The number of hydrogen-bond donors (Lipinski definition) is 2. The van der Waals surface area contributed by atoms with Gasteiger partial charge >= 0.3 is 0 Å². The number of nitrogens with one attached hydrogen (secondary N) is 1. The summed E-state index contributed by atoms with van der Waals surface area (Å²) in [5, 5.41) is 2.75. The molecule has 3 aromatic rings. The lowest BCUT2D eigenvalue weighted by Crippen LogP contribution is -2.24. The standard InChI is InChI=1S/C23H24FN3O2/c1-2-3-5-16-6-4-7-19(14-16)29-18-10-8-17(9-11-18)15-26-23(28)20-12-13-21(24)27-22(20)25/h4,6-14H,2-3,5,15H2,1H3,(H2,25,27)(H,26,28). The normalized spacial score (nSPS) is 10.6. The molecule has 0 unspecified atom stereocenters. The molecular formula is C23H24FN3O2. The van der Waals surface area contributed by atoms with Crippen LogP contribution in [0.3, 0.4) is 0 Å². The highest BCUT2D eigenvalue weighted by atomic mass is 19.1. The van der Waals surface area contributed by atoms with Gasteiger partial charge in [0.2, 0.25) is 5.95 Å². The Morgan fingerprint density at radius 3 is 2.59 bits per heavy atom. The number of amides is 1.